The van der Waals surface area contributed by atoms with Crippen molar-refractivity contribution in [3.05, 3.63) is 29.8 Å². The van der Waals surface area contributed by atoms with Crippen molar-refractivity contribution < 1.29 is 73.9 Å². The molecule has 0 N–H and O–H groups in total. The molecule has 0 aliphatic rings. The summed E-state index contributed by atoms with van der Waals surface area (Å²) >= 11 is 0. The van der Waals surface area contributed by atoms with E-state index in [-0.39, 0.29) is 63.8 Å². The molecule has 0 aliphatic carbocycles. The van der Waals surface area contributed by atoms with Gasteiger partial charge in [-0.2, -0.15) is 0 Å². The molecule has 1 aromatic rings. The van der Waals surface area contributed by atoms with Crippen LogP contribution in [0.15, 0.2) is 24.3 Å². The van der Waals surface area contributed by atoms with E-state index in [1.807, 2.05) is 0 Å². The summed E-state index contributed by atoms with van der Waals surface area (Å²) in [5, 5.41) is 0. The first-order valence-corrected chi connectivity index (χ1v) is 5.29. The molecule has 0 heterocycles. The first-order chi connectivity index (χ1) is 7.93. The standard InChI is InChI=1S/C11H13BF3O2.K/c1-17-11(16)4-2-3-9-5-7-10(8-6-9)12(13,14)15;/h5-8H,2-4H2,1H3;/q-1;+1. The fourth-order valence-corrected chi connectivity index (χ4v) is 1.44. The predicted molar refractivity (Wildman–Crippen MR) is 60.1 cm³/mol. The molecule has 18 heavy (non-hydrogen) atoms. The second kappa shape index (κ2) is 8.37. The number of rotatable bonds is 5. The van der Waals surface area contributed by atoms with Gasteiger partial charge in [0.25, 0.3) is 0 Å². The Hall–Kier alpha value is 0.181. The van der Waals surface area contributed by atoms with E-state index < -0.39 is 12.4 Å². The molecular formula is C11H13BF3KO2. The van der Waals surface area contributed by atoms with Gasteiger partial charge in [0.2, 0.25) is 0 Å². The number of hydrogen-bond donors (Lipinski definition) is 0. The number of methoxy groups -OCH3 is 1. The second-order valence-corrected chi connectivity index (χ2v) is 3.75. The van der Waals surface area contributed by atoms with E-state index >= 15 is 0 Å². The van der Waals surface area contributed by atoms with Crippen molar-refractivity contribution in [3.8, 4) is 0 Å². The first kappa shape index (κ1) is 18.2. The van der Waals surface area contributed by atoms with E-state index in [4.69, 9.17) is 0 Å². The van der Waals surface area contributed by atoms with Crippen molar-refractivity contribution in [1.29, 1.82) is 0 Å². The van der Waals surface area contributed by atoms with Crippen LogP contribution < -0.4 is 56.8 Å². The zero-order chi connectivity index (χ0) is 12.9. The summed E-state index contributed by atoms with van der Waals surface area (Å²) in [5.41, 5.74) is 0.194. The maximum Gasteiger partial charge on any atom is 1.00 e. The monoisotopic (exact) mass is 284 g/mol. The Morgan fingerprint density at radius 1 is 1.22 bits per heavy atom. The number of carbonyl (C=O) groups excluding carboxylic acids is 1. The van der Waals surface area contributed by atoms with Crippen LogP contribution in [0, 0.1) is 0 Å². The molecule has 7 heteroatoms. The Balaban J connectivity index is 0.00000289. The topological polar surface area (TPSA) is 26.3 Å². The summed E-state index contributed by atoms with van der Waals surface area (Å²) in [6.45, 7) is -4.92. The van der Waals surface area contributed by atoms with Crippen LogP contribution in [0.2, 0.25) is 0 Å². The van der Waals surface area contributed by atoms with Crippen molar-refractivity contribution in [1.82, 2.24) is 0 Å². The Kier molecular flexibility index (Phi) is 8.46. The molecular weight excluding hydrogens is 271 g/mol. The minimum Gasteiger partial charge on any atom is -0.469 e. The number of aryl methyl sites for hydroxylation is 1. The molecule has 0 aromatic heterocycles. The second-order valence-electron chi connectivity index (χ2n) is 3.75. The largest absolute Gasteiger partial charge is 1.00 e. The van der Waals surface area contributed by atoms with E-state index in [2.05, 4.69) is 4.74 Å². The van der Waals surface area contributed by atoms with Crippen molar-refractivity contribution in [3.63, 3.8) is 0 Å². The first-order valence-electron chi connectivity index (χ1n) is 5.29. The minimum atomic E-state index is -4.92. The fourth-order valence-electron chi connectivity index (χ4n) is 1.44. The van der Waals surface area contributed by atoms with Crippen molar-refractivity contribution in [2.24, 2.45) is 0 Å². The molecule has 1 aromatic carbocycles. The van der Waals surface area contributed by atoms with Crippen molar-refractivity contribution in [2.75, 3.05) is 7.11 Å². The number of carbonyl (C=O) groups is 1. The van der Waals surface area contributed by atoms with Gasteiger partial charge in [-0.1, -0.05) is 24.3 Å². The molecule has 0 radical (unpaired) electrons. The van der Waals surface area contributed by atoms with E-state index in [0.717, 1.165) is 17.7 Å². The zero-order valence-corrected chi connectivity index (χ0v) is 13.6. The zero-order valence-electron chi connectivity index (χ0n) is 10.5. The third-order valence-corrected chi connectivity index (χ3v) is 2.43. The third kappa shape index (κ3) is 6.38. The number of benzene rings is 1. The van der Waals surface area contributed by atoms with Gasteiger partial charge in [-0.3, -0.25) is 4.79 Å². The van der Waals surface area contributed by atoms with E-state index in [0.29, 0.717) is 12.8 Å². The Labute approximate surface area is 147 Å². The van der Waals surface area contributed by atoms with Crippen LogP contribution in [-0.4, -0.2) is 20.1 Å². The molecule has 0 unspecified atom stereocenters. The SMILES string of the molecule is COC(=O)CCCc1ccc([B-](F)(F)F)cc1.[K+]. The van der Waals surface area contributed by atoms with Gasteiger partial charge < -0.3 is 17.7 Å². The van der Waals surface area contributed by atoms with Crippen LogP contribution in [0.5, 0.6) is 0 Å². The van der Waals surface area contributed by atoms with Crippen molar-refractivity contribution >= 4 is 18.4 Å². The molecule has 0 spiro atoms. The third-order valence-electron chi connectivity index (χ3n) is 2.43. The average Bonchev–Trinajstić information content (AvgIpc) is 2.28. The Morgan fingerprint density at radius 3 is 2.22 bits per heavy atom. The molecule has 0 aliphatic heterocycles. The van der Waals surface area contributed by atoms with Crippen LogP contribution >= 0.6 is 0 Å². The molecule has 0 fully saturated rings. The van der Waals surface area contributed by atoms with Gasteiger partial charge in [-0.25, -0.2) is 0 Å². The van der Waals surface area contributed by atoms with Gasteiger partial charge in [0.05, 0.1) is 7.11 Å². The molecule has 94 valence electrons. The van der Waals surface area contributed by atoms with Crippen LogP contribution in [0.1, 0.15) is 18.4 Å². The molecule has 0 atom stereocenters. The summed E-state index contributed by atoms with van der Waals surface area (Å²) in [6.07, 6.45) is 1.42. The number of esters is 1. The van der Waals surface area contributed by atoms with Gasteiger partial charge in [0, 0.05) is 6.42 Å². The molecule has 0 saturated carbocycles. The molecule has 1 rings (SSSR count). The van der Waals surface area contributed by atoms with Gasteiger partial charge in [-0.05, 0) is 18.4 Å². The van der Waals surface area contributed by atoms with Gasteiger partial charge in [-0.15, -0.1) is 5.46 Å². The summed E-state index contributed by atoms with van der Waals surface area (Å²) in [7, 11) is 1.31. The van der Waals surface area contributed by atoms with Crippen LogP contribution in [0.25, 0.3) is 0 Å². The molecule has 0 amide bonds. The molecule has 0 bridgehead atoms. The van der Waals surface area contributed by atoms with E-state index in [1.165, 1.54) is 19.2 Å². The predicted octanol–water partition coefficient (Wildman–Crippen LogP) is -0.759. The normalized spacial score (nSPS) is 10.7. The van der Waals surface area contributed by atoms with Gasteiger partial charge >= 0.3 is 64.3 Å². The minimum absolute atomic E-state index is 0. The van der Waals surface area contributed by atoms with Gasteiger partial charge in [0.15, 0.2) is 0 Å². The molecule has 2 nitrogen and oxygen atoms in total. The maximum absolute atomic E-state index is 12.3. The molecule has 0 saturated heterocycles. The fraction of sp³-hybridized carbons (Fsp3) is 0.364. The average molecular weight is 284 g/mol. The maximum atomic E-state index is 12.3. The van der Waals surface area contributed by atoms with Crippen molar-refractivity contribution in [2.45, 2.75) is 19.3 Å². The van der Waals surface area contributed by atoms with Crippen LogP contribution in [-0.2, 0) is 16.0 Å². The summed E-state index contributed by atoms with van der Waals surface area (Å²) in [6, 6.07) is 5.05. The summed E-state index contributed by atoms with van der Waals surface area (Å²) < 4.78 is 41.4. The number of ether oxygens (including phenoxy) is 1. The number of halogens is 3. The van der Waals surface area contributed by atoms with Crippen LogP contribution in [0.4, 0.5) is 12.9 Å². The summed E-state index contributed by atoms with van der Waals surface area (Å²) in [5.74, 6) is -0.305. The smallest absolute Gasteiger partial charge is 0.469 e. The Bertz CT molecular complexity index is 379. The number of hydrogen-bond acceptors (Lipinski definition) is 2. The van der Waals surface area contributed by atoms with E-state index in [9.17, 15) is 17.7 Å². The Morgan fingerprint density at radius 2 is 1.78 bits per heavy atom. The quantitative estimate of drug-likeness (QED) is 0.525. The van der Waals surface area contributed by atoms with Crippen LogP contribution in [0.3, 0.4) is 0 Å². The van der Waals surface area contributed by atoms with E-state index in [1.54, 1.807) is 0 Å². The summed E-state index contributed by atoms with van der Waals surface area (Å²) in [4.78, 5) is 10.8. The van der Waals surface area contributed by atoms with Gasteiger partial charge in [0.1, 0.15) is 0 Å².